The molecule has 6 heteroatoms. The van der Waals surface area contributed by atoms with Crippen molar-refractivity contribution in [1.82, 2.24) is 20.5 Å². The van der Waals surface area contributed by atoms with Gasteiger partial charge in [-0.05, 0) is 31.7 Å². The molecule has 0 saturated carbocycles. The van der Waals surface area contributed by atoms with Gasteiger partial charge in [-0.25, -0.2) is 4.98 Å². The monoisotopic (exact) mass is 351 g/mol. The second-order valence-electron chi connectivity index (χ2n) is 6.89. The van der Waals surface area contributed by atoms with Crippen molar-refractivity contribution in [3.8, 4) is 0 Å². The van der Waals surface area contributed by atoms with E-state index in [2.05, 4.69) is 46.3 Å². The molecular weight excluding hydrogens is 318 g/mol. The third-order valence-electron chi connectivity index (χ3n) is 4.41. The van der Waals surface area contributed by atoms with Crippen molar-refractivity contribution in [2.45, 2.75) is 52.5 Å². The summed E-state index contributed by atoms with van der Waals surface area (Å²) in [7, 11) is 1.84. The van der Waals surface area contributed by atoms with Crippen LogP contribution in [0.4, 0.5) is 0 Å². The molecule has 0 amide bonds. The van der Waals surface area contributed by atoms with E-state index in [0.29, 0.717) is 6.04 Å². The van der Waals surface area contributed by atoms with Crippen LogP contribution in [0.2, 0.25) is 0 Å². The maximum Gasteiger partial charge on any atom is 0.191 e. The smallest absolute Gasteiger partial charge is 0.191 e. The van der Waals surface area contributed by atoms with Gasteiger partial charge < -0.3 is 10.6 Å². The van der Waals surface area contributed by atoms with Gasteiger partial charge in [0.05, 0.1) is 5.01 Å². The van der Waals surface area contributed by atoms with E-state index in [-0.39, 0.29) is 0 Å². The van der Waals surface area contributed by atoms with Crippen molar-refractivity contribution in [1.29, 1.82) is 0 Å². The summed E-state index contributed by atoms with van der Waals surface area (Å²) < 4.78 is 0. The lowest BCUT2D eigenvalue weighted by Gasteiger charge is -2.27. The van der Waals surface area contributed by atoms with Crippen LogP contribution in [0.25, 0.3) is 0 Å². The fourth-order valence-corrected chi connectivity index (χ4v) is 4.05. The minimum absolute atomic E-state index is 0.636. The number of nitrogens with one attached hydrogen (secondary N) is 2. The highest BCUT2D eigenvalue weighted by Crippen LogP contribution is 2.18. The van der Waals surface area contributed by atoms with Gasteiger partial charge in [0.15, 0.2) is 5.96 Å². The Kier molecular flexibility index (Phi) is 7.99. The van der Waals surface area contributed by atoms with E-state index in [1.807, 2.05) is 24.6 Å². The van der Waals surface area contributed by atoms with Crippen LogP contribution in [0, 0.1) is 5.92 Å². The number of hydrogen-bond donors (Lipinski definition) is 2. The van der Waals surface area contributed by atoms with Gasteiger partial charge in [0.1, 0.15) is 0 Å². The molecule has 0 aromatic carbocycles. The van der Waals surface area contributed by atoms with Crippen molar-refractivity contribution < 1.29 is 0 Å². The lowest BCUT2D eigenvalue weighted by atomic mass is 10.1. The largest absolute Gasteiger partial charge is 0.356 e. The van der Waals surface area contributed by atoms with Crippen LogP contribution in [0.3, 0.4) is 0 Å². The third kappa shape index (κ3) is 6.06. The van der Waals surface area contributed by atoms with Crippen molar-refractivity contribution in [2.75, 3.05) is 33.2 Å². The van der Waals surface area contributed by atoms with Crippen LogP contribution in [0.15, 0.2) is 11.2 Å². The van der Waals surface area contributed by atoms with Crippen LogP contribution in [0.5, 0.6) is 0 Å². The van der Waals surface area contributed by atoms with Crippen LogP contribution in [-0.4, -0.2) is 55.1 Å². The zero-order chi connectivity index (χ0) is 17.4. The molecule has 1 fully saturated rings. The average molecular weight is 352 g/mol. The van der Waals surface area contributed by atoms with Gasteiger partial charge >= 0.3 is 0 Å². The fraction of sp³-hybridized carbons (Fsp3) is 0.778. The predicted molar refractivity (Wildman–Crippen MR) is 104 cm³/mol. The maximum atomic E-state index is 4.47. The summed E-state index contributed by atoms with van der Waals surface area (Å²) >= 11 is 1.81. The van der Waals surface area contributed by atoms with E-state index in [0.717, 1.165) is 37.8 Å². The molecule has 1 atom stereocenters. The quantitative estimate of drug-likeness (QED) is 0.558. The SMILES string of the molecule is CCc1cnc(CCNC(=NC)NC[C@H]2CCCN2CC(C)C)s1. The number of aliphatic imine (C=N–C) groups is 1. The molecule has 1 aliphatic rings. The number of nitrogens with zero attached hydrogens (tertiary/aromatic N) is 3. The number of guanidine groups is 1. The number of thiazole rings is 1. The molecule has 136 valence electrons. The first-order valence-corrected chi connectivity index (χ1v) is 10.1. The molecule has 0 unspecified atom stereocenters. The van der Waals surface area contributed by atoms with E-state index in [9.17, 15) is 0 Å². The van der Waals surface area contributed by atoms with Gasteiger partial charge in [-0.1, -0.05) is 20.8 Å². The zero-order valence-corrected chi connectivity index (χ0v) is 16.5. The second-order valence-corrected chi connectivity index (χ2v) is 8.09. The van der Waals surface area contributed by atoms with Crippen molar-refractivity contribution in [3.63, 3.8) is 0 Å². The van der Waals surface area contributed by atoms with Crippen LogP contribution >= 0.6 is 11.3 Å². The molecule has 2 heterocycles. The first-order valence-electron chi connectivity index (χ1n) is 9.24. The van der Waals surface area contributed by atoms with Gasteiger partial charge in [0, 0.05) is 50.2 Å². The highest BCUT2D eigenvalue weighted by atomic mass is 32.1. The van der Waals surface area contributed by atoms with Crippen LogP contribution in [-0.2, 0) is 12.8 Å². The summed E-state index contributed by atoms with van der Waals surface area (Å²) in [6.45, 7) is 11.0. The third-order valence-corrected chi connectivity index (χ3v) is 5.61. The minimum atomic E-state index is 0.636. The summed E-state index contributed by atoms with van der Waals surface area (Å²) in [5.41, 5.74) is 0. The fourth-order valence-electron chi connectivity index (χ4n) is 3.19. The van der Waals surface area contributed by atoms with E-state index >= 15 is 0 Å². The lowest BCUT2D eigenvalue weighted by molar-refractivity contribution is 0.226. The standard InChI is InChI=1S/C18H33N5S/c1-5-16-12-21-17(24-16)8-9-20-18(19-4)22-11-15-7-6-10-23(15)13-14(2)3/h12,14-15H,5-11,13H2,1-4H3,(H2,19,20,22)/t15-/m1/s1. The Labute approximate surface area is 151 Å². The zero-order valence-electron chi connectivity index (χ0n) is 15.6. The number of aromatic nitrogens is 1. The molecule has 2 rings (SSSR count). The van der Waals surface area contributed by atoms with Crippen molar-refractivity contribution >= 4 is 17.3 Å². The van der Waals surface area contributed by atoms with Gasteiger partial charge in [0.25, 0.3) is 0 Å². The summed E-state index contributed by atoms with van der Waals surface area (Å²) in [5.74, 6) is 1.63. The highest BCUT2D eigenvalue weighted by molar-refractivity contribution is 7.11. The molecule has 1 aromatic heterocycles. The Balaban J connectivity index is 1.70. The first-order chi connectivity index (χ1) is 11.6. The summed E-state index contributed by atoms with van der Waals surface area (Å²) in [6, 6.07) is 0.636. The number of rotatable bonds is 8. The Hall–Kier alpha value is -1.14. The lowest BCUT2D eigenvalue weighted by Crippen LogP contribution is -2.46. The summed E-state index contributed by atoms with van der Waals surface area (Å²) in [4.78, 5) is 12.8. The molecule has 1 aromatic rings. The average Bonchev–Trinajstić information content (AvgIpc) is 3.19. The molecule has 5 nitrogen and oxygen atoms in total. The maximum absolute atomic E-state index is 4.47. The molecule has 1 saturated heterocycles. The van der Waals surface area contributed by atoms with Gasteiger partial charge in [-0.2, -0.15) is 0 Å². The van der Waals surface area contributed by atoms with E-state index < -0.39 is 0 Å². The Morgan fingerprint density at radius 2 is 2.29 bits per heavy atom. The normalized spacial score (nSPS) is 19.2. The molecular formula is C18H33N5S. The molecule has 24 heavy (non-hydrogen) atoms. The number of likely N-dealkylation sites (tertiary alicyclic amines) is 1. The second kappa shape index (κ2) is 9.99. The number of aryl methyl sites for hydroxylation is 1. The molecule has 0 radical (unpaired) electrons. The minimum Gasteiger partial charge on any atom is -0.356 e. The van der Waals surface area contributed by atoms with Crippen molar-refractivity contribution in [3.05, 3.63) is 16.1 Å². The molecule has 2 N–H and O–H groups in total. The van der Waals surface area contributed by atoms with Crippen LogP contribution < -0.4 is 10.6 Å². The topological polar surface area (TPSA) is 52.6 Å². The van der Waals surface area contributed by atoms with Gasteiger partial charge in [-0.3, -0.25) is 9.89 Å². The van der Waals surface area contributed by atoms with E-state index in [1.54, 1.807) is 0 Å². The summed E-state index contributed by atoms with van der Waals surface area (Å²) in [6.07, 6.45) is 6.62. The predicted octanol–water partition coefficient (Wildman–Crippen LogP) is 2.53. The number of hydrogen-bond acceptors (Lipinski definition) is 4. The van der Waals surface area contributed by atoms with E-state index in [4.69, 9.17) is 0 Å². The van der Waals surface area contributed by atoms with Crippen LogP contribution in [0.1, 0.15) is 43.5 Å². The molecule has 0 spiro atoms. The molecule has 0 aliphatic carbocycles. The molecule has 0 bridgehead atoms. The van der Waals surface area contributed by atoms with Gasteiger partial charge in [-0.15, -0.1) is 11.3 Å². The highest BCUT2D eigenvalue weighted by Gasteiger charge is 2.24. The van der Waals surface area contributed by atoms with E-state index in [1.165, 1.54) is 35.8 Å². The molecule has 1 aliphatic heterocycles. The van der Waals surface area contributed by atoms with Crippen molar-refractivity contribution in [2.24, 2.45) is 10.9 Å². The Morgan fingerprint density at radius 1 is 1.46 bits per heavy atom. The Bertz CT molecular complexity index is 511. The first kappa shape index (κ1) is 19.2. The summed E-state index contributed by atoms with van der Waals surface area (Å²) in [5, 5.41) is 8.11. The Morgan fingerprint density at radius 3 is 2.96 bits per heavy atom. The van der Waals surface area contributed by atoms with Gasteiger partial charge in [0.2, 0.25) is 0 Å².